The van der Waals surface area contributed by atoms with Crippen LogP contribution in [0, 0.1) is 0 Å². The molecule has 3 nitrogen and oxygen atoms in total. The summed E-state index contributed by atoms with van der Waals surface area (Å²) in [5.74, 6) is 1.56. The van der Waals surface area contributed by atoms with Crippen molar-refractivity contribution in [1.29, 1.82) is 0 Å². The lowest BCUT2D eigenvalue weighted by molar-refractivity contribution is 0.101. The number of hydrogen-bond donors (Lipinski definition) is 0. The summed E-state index contributed by atoms with van der Waals surface area (Å²) >= 11 is 0. The third-order valence-corrected chi connectivity index (χ3v) is 2.85. The van der Waals surface area contributed by atoms with Gasteiger partial charge in [-0.1, -0.05) is 6.92 Å². The van der Waals surface area contributed by atoms with Gasteiger partial charge < -0.3 is 9.47 Å². The zero-order valence-corrected chi connectivity index (χ0v) is 10.4. The van der Waals surface area contributed by atoms with Gasteiger partial charge in [0, 0.05) is 0 Å². The summed E-state index contributed by atoms with van der Waals surface area (Å²) in [7, 11) is 0. The van der Waals surface area contributed by atoms with Crippen molar-refractivity contribution in [2.75, 3.05) is 13.2 Å². The molecule has 0 bridgehead atoms. The van der Waals surface area contributed by atoms with Gasteiger partial charge in [0.15, 0.2) is 5.78 Å². The van der Waals surface area contributed by atoms with Gasteiger partial charge in [-0.3, -0.25) is 4.79 Å². The lowest BCUT2D eigenvalue weighted by atomic mass is 10.0. The van der Waals surface area contributed by atoms with Crippen LogP contribution in [0.2, 0.25) is 0 Å². The third-order valence-electron chi connectivity index (χ3n) is 2.85. The highest BCUT2D eigenvalue weighted by atomic mass is 16.5. The molecular formula is C14H18O3. The van der Waals surface area contributed by atoms with Crippen LogP contribution in [0.3, 0.4) is 0 Å². The van der Waals surface area contributed by atoms with Crippen LogP contribution in [-0.2, 0) is 6.42 Å². The first-order valence-electron chi connectivity index (χ1n) is 6.16. The number of carbonyl (C=O) groups is 1. The minimum Gasteiger partial charge on any atom is -0.493 e. The van der Waals surface area contributed by atoms with Crippen LogP contribution in [0.5, 0.6) is 11.5 Å². The Morgan fingerprint density at radius 1 is 1.47 bits per heavy atom. The Hall–Kier alpha value is -1.51. The van der Waals surface area contributed by atoms with E-state index in [9.17, 15) is 4.79 Å². The molecule has 1 aromatic carbocycles. The van der Waals surface area contributed by atoms with Crippen LogP contribution in [-0.4, -0.2) is 19.0 Å². The average molecular weight is 234 g/mol. The highest BCUT2D eigenvalue weighted by Crippen LogP contribution is 2.32. The highest BCUT2D eigenvalue weighted by molar-refractivity contribution is 5.97. The number of benzene rings is 1. The first-order valence-corrected chi connectivity index (χ1v) is 6.16. The lowest BCUT2D eigenvalue weighted by Crippen LogP contribution is -2.11. The molecule has 0 radical (unpaired) electrons. The Morgan fingerprint density at radius 2 is 2.29 bits per heavy atom. The summed E-state index contributed by atoms with van der Waals surface area (Å²) < 4.78 is 11.2. The van der Waals surface area contributed by atoms with E-state index in [4.69, 9.17) is 9.47 Å². The number of Topliss-reactive ketones (excluding diaryl/α,β-unsaturated/α-hetero) is 1. The zero-order chi connectivity index (χ0) is 12.3. The number of carbonyl (C=O) groups excluding carboxylic acids is 1. The Labute approximate surface area is 102 Å². The fourth-order valence-electron chi connectivity index (χ4n) is 1.98. The topological polar surface area (TPSA) is 35.5 Å². The summed E-state index contributed by atoms with van der Waals surface area (Å²) in [5.41, 5.74) is 1.77. The van der Waals surface area contributed by atoms with Crippen molar-refractivity contribution in [3.8, 4) is 11.5 Å². The predicted octanol–water partition coefficient (Wildman–Crippen LogP) is 3.00. The summed E-state index contributed by atoms with van der Waals surface area (Å²) in [6.07, 6.45) is 2.96. The molecule has 1 aliphatic rings. The lowest BCUT2D eigenvalue weighted by Gasteiger charge is -2.20. The molecule has 0 atom stereocenters. The fourth-order valence-corrected chi connectivity index (χ4v) is 1.98. The van der Waals surface area contributed by atoms with E-state index in [0.717, 1.165) is 37.2 Å². The van der Waals surface area contributed by atoms with Gasteiger partial charge in [0.25, 0.3) is 0 Å². The number of aryl methyl sites for hydroxylation is 1. The van der Waals surface area contributed by atoms with E-state index in [1.807, 2.05) is 12.1 Å². The molecule has 0 unspecified atom stereocenters. The first kappa shape index (κ1) is 12.0. The number of ketones is 1. The second-order valence-electron chi connectivity index (χ2n) is 4.31. The van der Waals surface area contributed by atoms with Crippen molar-refractivity contribution in [2.24, 2.45) is 0 Å². The molecule has 0 spiro atoms. The van der Waals surface area contributed by atoms with Crippen molar-refractivity contribution in [3.05, 3.63) is 23.3 Å². The average Bonchev–Trinajstić information content (AvgIpc) is 2.35. The Bertz CT molecular complexity index is 424. The van der Waals surface area contributed by atoms with E-state index in [1.165, 1.54) is 0 Å². The van der Waals surface area contributed by atoms with E-state index < -0.39 is 0 Å². The molecule has 2 rings (SSSR count). The van der Waals surface area contributed by atoms with Crippen molar-refractivity contribution < 1.29 is 14.3 Å². The summed E-state index contributed by atoms with van der Waals surface area (Å²) in [4.78, 5) is 11.6. The predicted molar refractivity (Wildman–Crippen MR) is 66.0 cm³/mol. The zero-order valence-electron chi connectivity index (χ0n) is 10.4. The van der Waals surface area contributed by atoms with Crippen LogP contribution in [0.4, 0.5) is 0 Å². The molecule has 92 valence electrons. The Morgan fingerprint density at radius 3 is 3.00 bits per heavy atom. The van der Waals surface area contributed by atoms with Gasteiger partial charge in [-0.15, -0.1) is 0 Å². The van der Waals surface area contributed by atoms with Gasteiger partial charge in [-0.25, -0.2) is 0 Å². The quantitative estimate of drug-likeness (QED) is 0.751. The fraction of sp³-hybridized carbons (Fsp3) is 0.500. The van der Waals surface area contributed by atoms with Gasteiger partial charge in [0.2, 0.25) is 0 Å². The molecule has 0 aromatic heterocycles. The second kappa shape index (κ2) is 5.21. The van der Waals surface area contributed by atoms with Crippen LogP contribution >= 0.6 is 0 Å². The molecule has 1 heterocycles. The highest BCUT2D eigenvalue weighted by Gasteiger charge is 2.17. The molecule has 0 amide bonds. The largest absolute Gasteiger partial charge is 0.493 e. The Kier molecular flexibility index (Phi) is 3.67. The van der Waals surface area contributed by atoms with Crippen molar-refractivity contribution in [1.82, 2.24) is 0 Å². The molecule has 17 heavy (non-hydrogen) atoms. The molecular weight excluding hydrogens is 216 g/mol. The minimum absolute atomic E-state index is 0.0214. The first-order chi connectivity index (χ1) is 8.22. The Balaban J connectivity index is 2.37. The van der Waals surface area contributed by atoms with Gasteiger partial charge in [-0.2, -0.15) is 0 Å². The SMILES string of the molecule is CCCOc1cc2c(cc1C(C)=O)OCCC2. The number of rotatable bonds is 4. The van der Waals surface area contributed by atoms with E-state index in [-0.39, 0.29) is 5.78 Å². The molecule has 0 fully saturated rings. The molecule has 0 saturated heterocycles. The summed E-state index contributed by atoms with van der Waals surface area (Å²) in [6, 6.07) is 3.78. The maximum atomic E-state index is 11.6. The van der Waals surface area contributed by atoms with Crippen molar-refractivity contribution in [3.63, 3.8) is 0 Å². The maximum absolute atomic E-state index is 11.6. The third kappa shape index (κ3) is 2.60. The molecule has 0 aliphatic carbocycles. The van der Waals surface area contributed by atoms with Gasteiger partial charge in [-0.05, 0) is 43.9 Å². The van der Waals surface area contributed by atoms with Gasteiger partial charge in [0.05, 0.1) is 18.8 Å². The summed E-state index contributed by atoms with van der Waals surface area (Å²) in [5, 5.41) is 0. The van der Waals surface area contributed by atoms with Crippen LogP contribution in [0.1, 0.15) is 42.6 Å². The van der Waals surface area contributed by atoms with Crippen LogP contribution < -0.4 is 9.47 Å². The minimum atomic E-state index is 0.0214. The molecule has 0 N–H and O–H groups in total. The number of ether oxygens (including phenoxy) is 2. The van der Waals surface area contributed by atoms with E-state index in [0.29, 0.717) is 17.9 Å². The smallest absolute Gasteiger partial charge is 0.163 e. The van der Waals surface area contributed by atoms with Gasteiger partial charge >= 0.3 is 0 Å². The normalized spacial score (nSPS) is 13.8. The molecule has 1 aliphatic heterocycles. The van der Waals surface area contributed by atoms with Gasteiger partial charge in [0.1, 0.15) is 11.5 Å². The van der Waals surface area contributed by atoms with E-state index in [1.54, 1.807) is 6.92 Å². The maximum Gasteiger partial charge on any atom is 0.163 e. The summed E-state index contributed by atoms with van der Waals surface area (Å²) in [6.45, 7) is 4.98. The molecule has 0 saturated carbocycles. The van der Waals surface area contributed by atoms with Crippen molar-refractivity contribution in [2.45, 2.75) is 33.1 Å². The molecule has 3 heteroatoms. The molecule has 1 aromatic rings. The van der Waals surface area contributed by atoms with Crippen molar-refractivity contribution >= 4 is 5.78 Å². The van der Waals surface area contributed by atoms with Crippen LogP contribution in [0.25, 0.3) is 0 Å². The monoisotopic (exact) mass is 234 g/mol. The van der Waals surface area contributed by atoms with E-state index in [2.05, 4.69) is 6.92 Å². The second-order valence-corrected chi connectivity index (χ2v) is 4.31. The number of fused-ring (bicyclic) bond motifs is 1. The standard InChI is InChI=1S/C14H18O3/c1-3-6-16-14-8-11-5-4-7-17-13(11)9-12(14)10(2)15/h8-9H,3-7H2,1-2H3. The van der Waals surface area contributed by atoms with E-state index >= 15 is 0 Å². The number of hydrogen-bond acceptors (Lipinski definition) is 3. The van der Waals surface area contributed by atoms with Crippen LogP contribution in [0.15, 0.2) is 12.1 Å².